The van der Waals surface area contributed by atoms with Crippen molar-refractivity contribution in [1.29, 1.82) is 0 Å². The van der Waals surface area contributed by atoms with Gasteiger partial charge in [-0.3, -0.25) is 9.69 Å². The van der Waals surface area contributed by atoms with Crippen LogP contribution in [0.1, 0.15) is 44.9 Å². The summed E-state index contributed by atoms with van der Waals surface area (Å²) in [6.45, 7) is 5.19. The van der Waals surface area contributed by atoms with E-state index in [0.717, 1.165) is 32.2 Å². The van der Waals surface area contributed by atoms with Gasteiger partial charge in [-0.05, 0) is 32.7 Å². The summed E-state index contributed by atoms with van der Waals surface area (Å²) < 4.78 is 5.49. The second kappa shape index (κ2) is 5.06. The average Bonchev–Trinajstić information content (AvgIpc) is 2.80. The van der Waals surface area contributed by atoms with Crippen molar-refractivity contribution in [2.75, 3.05) is 6.54 Å². The Kier molecular flexibility index (Phi) is 3.65. The molecule has 0 spiro atoms. The van der Waals surface area contributed by atoms with E-state index in [1.165, 1.54) is 0 Å². The van der Waals surface area contributed by atoms with Gasteiger partial charge in [-0.15, -0.1) is 10.2 Å². The van der Waals surface area contributed by atoms with Gasteiger partial charge in [0.1, 0.15) is 0 Å². The summed E-state index contributed by atoms with van der Waals surface area (Å²) in [6, 6.07) is 0. The molecule has 0 bridgehead atoms. The predicted octanol–water partition coefficient (Wildman–Crippen LogP) is 0.862. The molecule has 18 heavy (non-hydrogen) atoms. The summed E-state index contributed by atoms with van der Waals surface area (Å²) in [4.78, 5) is 13.7. The van der Waals surface area contributed by atoms with Crippen molar-refractivity contribution in [2.24, 2.45) is 5.73 Å². The molecule has 1 saturated heterocycles. The number of piperidine rings is 1. The Bertz CT molecular complexity index is 431. The number of amides is 1. The van der Waals surface area contributed by atoms with Crippen molar-refractivity contribution >= 4 is 5.91 Å². The van der Waals surface area contributed by atoms with Crippen LogP contribution >= 0.6 is 0 Å². The monoisotopic (exact) mass is 252 g/mol. The molecule has 1 aromatic heterocycles. The standard InChI is InChI=1S/C12H20N4O2/c1-3-9-14-15-10(18-9)8-16-7-5-4-6-12(16,2)11(13)17/h3-8H2,1-2H3,(H2,13,17)/t12-/m0/s1. The fourth-order valence-corrected chi connectivity index (χ4v) is 2.37. The lowest BCUT2D eigenvalue weighted by Gasteiger charge is -2.41. The molecule has 2 N–H and O–H groups in total. The van der Waals surface area contributed by atoms with E-state index in [9.17, 15) is 4.79 Å². The van der Waals surface area contributed by atoms with E-state index in [0.29, 0.717) is 18.3 Å². The van der Waals surface area contributed by atoms with Crippen LogP contribution in [-0.2, 0) is 17.8 Å². The van der Waals surface area contributed by atoms with Gasteiger partial charge in [0, 0.05) is 6.42 Å². The molecule has 1 fully saturated rings. The fraction of sp³-hybridized carbons (Fsp3) is 0.750. The van der Waals surface area contributed by atoms with E-state index in [1.54, 1.807) is 0 Å². The van der Waals surface area contributed by atoms with E-state index in [4.69, 9.17) is 10.2 Å². The fourth-order valence-electron chi connectivity index (χ4n) is 2.37. The number of carbonyl (C=O) groups is 1. The van der Waals surface area contributed by atoms with Crippen LogP contribution in [0.25, 0.3) is 0 Å². The van der Waals surface area contributed by atoms with Crippen LogP contribution in [0.2, 0.25) is 0 Å². The Morgan fingerprint density at radius 1 is 1.44 bits per heavy atom. The van der Waals surface area contributed by atoms with Crippen molar-refractivity contribution in [2.45, 2.75) is 51.6 Å². The van der Waals surface area contributed by atoms with E-state index in [-0.39, 0.29) is 5.91 Å². The van der Waals surface area contributed by atoms with Crippen LogP contribution in [0.15, 0.2) is 4.42 Å². The van der Waals surface area contributed by atoms with Crippen LogP contribution in [0.4, 0.5) is 0 Å². The van der Waals surface area contributed by atoms with Crippen molar-refractivity contribution < 1.29 is 9.21 Å². The first kappa shape index (κ1) is 13.0. The molecule has 0 aliphatic carbocycles. The van der Waals surface area contributed by atoms with Crippen molar-refractivity contribution in [3.8, 4) is 0 Å². The van der Waals surface area contributed by atoms with Gasteiger partial charge in [0.05, 0.1) is 12.1 Å². The summed E-state index contributed by atoms with van der Waals surface area (Å²) >= 11 is 0. The van der Waals surface area contributed by atoms with E-state index < -0.39 is 5.54 Å². The maximum Gasteiger partial charge on any atom is 0.237 e. The largest absolute Gasteiger partial charge is 0.424 e. The van der Waals surface area contributed by atoms with Crippen LogP contribution < -0.4 is 5.73 Å². The van der Waals surface area contributed by atoms with Crippen LogP contribution in [0.5, 0.6) is 0 Å². The molecule has 6 heteroatoms. The SMILES string of the molecule is CCc1nnc(CN2CCCC[C@@]2(C)C(N)=O)o1. The third-order valence-electron chi connectivity index (χ3n) is 3.71. The highest BCUT2D eigenvalue weighted by atomic mass is 16.4. The molecule has 0 aromatic carbocycles. The molecule has 6 nitrogen and oxygen atoms in total. The zero-order valence-corrected chi connectivity index (χ0v) is 11.0. The van der Waals surface area contributed by atoms with Gasteiger partial charge in [0.25, 0.3) is 0 Å². The molecule has 2 rings (SSSR count). The van der Waals surface area contributed by atoms with Crippen LogP contribution in [0, 0.1) is 0 Å². The lowest BCUT2D eigenvalue weighted by molar-refractivity contribution is -0.132. The lowest BCUT2D eigenvalue weighted by Crippen LogP contribution is -2.57. The highest BCUT2D eigenvalue weighted by Gasteiger charge is 2.40. The molecule has 1 aliphatic rings. The molecular formula is C12H20N4O2. The third kappa shape index (κ3) is 2.38. The number of aryl methyl sites for hydroxylation is 1. The van der Waals surface area contributed by atoms with Crippen molar-refractivity contribution in [3.63, 3.8) is 0 Å². The summed E-state index contributed by atoms with van der Waals surface area (Å²) in [7, 11) is 0. The van der Waals surface area contributed by atoms with Crippen molar-refractivity contribution in [1.82, 2.24) is 15.1 Å². The Hall–Kier alpha value is -1.43. The summed E-state index contributed by atoms with van der Waals surface area (Å²) in [5, 5.41) is 7.93. The zero-order chi connectivity index (χ0) is 13.2. The quantitative estimate of drug-likeness (QED) is 0.859. The first-order valence-corrected chi connectivity index (χ1v) is 6.42. The Morgan fingerprint density at radius 3 is 2.78 bits per heavy atom. The number of hydrogen-bond acceptors (Lipinski definition) is 5. The second-order valence-electron chi connectivity index (χ2n) is 4.96. The Balaban J connectivity index is 2.12. The predicted molar refractivity (Wildman–Crippen MR) is 65.5 cm³/mol. The van der Waals surface area contributed by atoms with Crippen LogP contribution in [0.3, 0.4) is 0 Å². The highest BCUT2D eigenvalue weighted by Crippen LogP contribution is 2.28. The number of nitrogens with zero attached hydrogens (tertiary/aromatic N) is 3. The molecule has 0 radical (unpaired) electrons. The van der Waals surface area contributed by atoms with E-state index in [1.807, 2.05) is 18.7 Å². The molecule has 0 unspecified atom stereocenters. The normalized spacial score (nSPS) is 25.2. The molecule has 0 saturated carbocycles. The summed E-state index contributed by atoms with van der Waals surface area (Å²) in [5.74, 6) is 0.904. The summed E-state index contributed by atoms with van der Waals surface area (Å²) in [6.07, 6.45) is 3.61. The minimum absolute atomic E-state index is 0.280. The molecule has 2 heterocycles. The van der Waals surface area contributed by atoms with Crippen molar-refractivity contribution in [3.05, 3.63) is 11.8 Å². The highest BCUT2D eigenvalue weighted by molar-refractivity contribution is 5.84. The number of hydrogen-bond donors (Lipinski definition) is 1. The molecule has 100 valence electrons. The minimum atomic E-state index is -0.598. The number of likely N-dealkylation sites (tertiary alicyclic amines) is 1. The van der Waals surface area contributed by atoms with Gasteiger partial charge in [0.2, 0.25) is 17.7 Å². The number of aromatic nitrogens is 2. The maximum absolute atomic E-state index is 11.7. The number of primary amides is 1. The minimum Gasteiger partial charge on any atom is -0.424 e. The van der Waals surface area contributed by atoms with Gasteiger partial charge in [-0.1, -0.05) is 6.92 Å². The number of carbonyl (C=O) groups excluding carboxylic acids is 1. The van der Waals surface area contributed by atoms with Gasteiger partial charge in [-0.2, -0.15) is 0 Å². The van der Waals surface area contributed by atoms with Gasteiger partial charge < -0.3 is 10.2 Å². The third-order valence-corrected chi connectivity index (χ3v) is 3.71. The first-order valence-electron chi connectivity index (χ1n) is 6.42. The number of rotatable bonds is 4. The average molecular weight is 252 g/mol. The summed E-state index contributed by atoms with van der Waals surface area (Å²) in [5.41, 5.74) is 4.93. The van der Waals surface area contributed by atoms with Crippen LogP contribution in [-0.4, -0.2) is 33.1 Å². The molecule has 1 aliphatic heterocycles. The van der Waals surface area contributed by atoms with Gasteiger partial charge >= 0.3 is 0 Å². The Labute approximate surface area is 107 Å². The molecule has 1 atom stereocenters. The molecule has 1 aromatic rings. The topological polar surface area (TPSA) is 85.3 Å². The Morgan fingerprint density at radius 2 is 2.17 bits per heavy atom. The smallest absolute Gasteiger partial charge is 0.237 e. The number of nitrogens with two attached hydrogens (primary N) is 1. The molecule has 1 amide bonds. The zero-order valence-electron chi connectivity index (χ0n) is 11.0. The maximum atomic E-state index is 11.7. The van der Waals surface area contributed by atoms with Gasteiger partial charge in [-0.25, -0.2) is 0 Å². The second-order valence-corrected chi connectivity index (χ2v) is 4.96. The van der Waals surface area contributed by atoms with E-state index >= 15 is 0 Å². The van der Waals surface area contributed by atoms with Gasteiger partial charge in [0.15, 0.2) is 0 Å². The lowest BCUT2D eigenvalue weighted by atomic mass is 9.88. The molecular weight excluding hydrogens is 232 g/mol. The van der Waals surface area contributed by atoms with E-state index in [2.05, 4.69) is 10.2 Å². The first-order chi connectivity index (χ1) is 8.56.